The van der Waals surface area contributed by atoms with Crippen LogP contribution in [0.3, 0.4) is 0 Å². The van der Waals surface area contributed by atoms with Gasteiger partial charge in [0.25, 0.3) is 0 Å². The third-order valence-corrected chi connectivity index (χ3v) is 5.35. The van der Waals surface area contributed by atoms with E-state index in [-0.39, 0.29) is 5.92 Å². The molecule has 2 saturated heterocycles. The number of amides is 1. The lowest BCUT2D eigenvalue weighted by Gasteiger charge is -2.37. The molecule has 1 aromatic heterocycles. The van der Waals surface area contributed by atoms with Crippen LogP contribution in [0.15, 0.2) is 12.4 Å². The molecule has 7 heteroatoms. The van der Waals surface area contributed by atoms with Gasteiger partial charge in [-0.25, -0.2) is 15.8 Å². The van der Waals surface area contributed by atoms with E-state index in [1.54, 1.807) is 6.20 Å². The van der Waals surface area contributed by atoms with Crippen molar-refractivity contribution in [1.82, 2.24) is 31.3 Å². The molecule has 1 aliphatic carbocycles. The average molecular weight is 304 g/mol. The van der Waals surface area contributed by atoms with E-state index < -0.39 is 0 Å². The molecule has 4 N–H and O–H groups in total. The van der Waals surface area contributed by atoms with Gasteiger partial charge in [-0.1, -0.05) is 0 Å². The molecule has 1 amide bonds. The van der Waals surface area contributed by atoms with Crippen molar-refractivity contribution in [2.45, 2.75) is 50.1 Å². The summed E-state index contributed by atoms with van der Waals surface area (Å²) in [5, 5.41) is 0. The maximum atomic E-state index is 12.9. The van der Waals surface area contributed by atoms with Gasteiger partial charge in [-0.2, -0.15) is 5.53 Å². The van der Waals surface area contributed by atoms with Gasteiger partial charge in [-0.05, 0) is 32.1 Å². The van der Waals surface area contributed by atoms with Gasteiger partial charge in [-0.3, -0.25) is 4.79 Å². The number of hydrogen-bond donors (Lipinski definition) is 4. The molecule has 3 aliphatic rings. The number of nitrogens with one attached hydrogen (secondary N) is 4. The first-order valence-corrected chi connectivity index (χ1v) is 8.35. The number of aromatic amines is 1. The molecule has 1 aromatic rings. The molecule has 2 aliphatic heterocycles. The van der Waals surface area contributed by atoms with Gasteiger partial charge < -0.3 is 9.88 Å². The van der Waals surface area contributed by atoms with Crippen LogP contribution in [0.25, 0.3) is 0 Å². The molecule has 3 fully saturated rings. The lowest BCUT2D eigenvalue weighted by Crippen LogP contribution is -2.47. The van der Waals surface area contributed by atoms with E-state index in [0.29, 0.717) is 23.9 Å². The quantitative estimate of drug-likeness (QED) is 0.630. The highest BCUT2D eigenvalue weighted by atomic mass is 16.2. The minimum Gasteiger partial charge on any atom is -0.348 e. The van der Waals surface area contributed by atoms with Gasteiger partial charge in [0.05, 0.1) is 0 Å². The summed E-state index contributed by atoms with van der Waals surface area (Å²) < 4.78 is 0. The highest BCUT2D eigenvalue weighted by Gasteiger charge is 2.38. The summed E-state index contributed by atoms with van der Waals surface area (Å²) in [5.74, 6) is 1.87. The van der Waals surface area contributed by atoms with E-state index in [1.165, 1.54) is 0 Å². The van der Waals surface area contributed by atoms with Crippen LogP contribution >= 0.6 is 0 Å². The minimum atomic E-state index is 0.158. The lowest BCUT2D eigenvalue weighted by molar-refractivity contribution is -0.138. The number of nitrogens with zero attached hydrogens (tertiary/aromatic N) is 2. The first-order valence-electron chi connectivity index (χ1n) is 8.35. The number of fused-ring (bicyclic) bond motifs is 1. The largest absolute Gasteiger partial charge is 0.348 e. The molecule has 4 atom stereocenters. The number of H-pyrrole nitrogens is 1. The molecule has 120 valence electrons. The Hall–Kier alpha value is -1.44. The highest BCUT2D eigenvalue weighted by Crippen LogP contribution is 2.30. The Balaban J connectivity index is 1.39. The smallest absolute Gasteiger partial charge is 0.225 e. The van der Waals surface area contributed by atoms with Crippen LogP contribution < -0.4 is 16.4 Å². The van der Waals surface area contributed by atoms with Gasteiger partial charge in [0, 0.05) is 49.4 Å². The van der Waals surface area contributed by atoms with Crippen molar-refractivity contribution in [3.63, 3.8) is 0 Å². The fourth-order valence-electron chi connectivity index (χ4n) is 4.11. The summed E-state index contributed by atoms with van der Waals surface area (Å²) in [6.45, 7) is 1.70. The Morgan fingerprint density at radius 3 is 3.00 bits per heavy atom. The number of imidazole rings is 1. The zero-order chi connectivity index (χ0) is 14.9. The second-order valence-corrected chi connectivity index (χ2v) is 6.73. The summed E-state index contributed by atoms with van der Waals surface area (Å²) in [4.78, 5) is 22.5. The number of carbonyl (C=O) groups is 1. The van der Waals surface area contributed by atoms with Crippen LogP contribution in [-0.2, 0) is 4.79 Å². The van der Waals surface area contributed by atoms with Gasteiger partial charge in [0.15, 0.2) is 0 Å². The van der Waals surface area contributed by atoms with Crippen LogP contribution in [0.5, 0.6) is 0 Å². The van der Waals surface area contributed by atoms with E-state index in [4.69, 9.17) is 0 Å². The molecule has 22 heavy (non-hydrogen) atoms. The van der Waals surface area contributed by atoms with E-state index in [1.807, 2.05) is 6.20 Å². The Morgan fingerprint density at radius 2 is 2.14 bits per heavy atom. The third-order valence-electron chi connectivity index (χ3n) is 5.35. The van der Waals surface area contributed by atoms with Crippen LogP contribution in [0.4, 0.5) is 0 Å². The molecule has 1 saturated carbocycles. The average Bonchev–Trinajstić information content (AvgIpc) is 3.25. The van der Waals surface area contributed by atoms with Crippen molar-refractivity contribution in [1.29, 1.82) is 0 Å². The van der Waals surface area contributed by atoms with E-state index >= 15 is 0 Å². The Morgan fingerprint density at radius 1 is 1.23 bits per heavy atom. The Labute approximate surface area is 130 Å². The van der Waals surface area contributed by atoms with Gasteiger partial charge in [0.1, 0.15) is 5.82 Å². The normalized spacial score (nSPS) is 35.4. The molecule has 3 heterocycles. The topological polar surface area (TPSA) is 85.1 Å². The molecule has 0 spiro atoms. The van der Waals surface area contributed by atoms with Crippen molar-refractivity contribution < 1.29 is 4.79 Å². The predicted octanol–water partition coefficient (Wildman–Crippen LogP) is 0.265. The molecule has 0 aromatic carbocycles. The maximum Gasteiger partial charge on any atom is 0.225 e. The fraction of sp³-hybridized carbons (Fsp3) is 0.733. The number of piperidine rings is 1. The van der Waals surface area contributed by atoms with Gasteiger partial charge >= 0.3 is 0 Å². The number of aromatic nitrogens is 2. The van der Waals surface area contributed by atoms with Gasteiger partial charge in [0.2, 0.25) is 5.91 Å². The van der Waals surface area contributed by atoms with Crippen molar-refractivity contribution in [3.05, 3.63) is 18.2 Å². The molecular formula is C15H24N6O. The first-order chi connectivity index (χ1) is 10.8. The summed E-state index contributed by atoms with van der Waals surface area (Å²) in [5.41, 5.74) is 9.45. The zero-order valence-electron chi connectivity index (χ0n) is 12.7. The molecule has 4 rings (SSSR count). The second-order valence-electron chi connectivity index (χ2n) is 6.73. The van der Waals surface area contributed by atoms with E-state index in [0.717, 1.165) is 51.0 Å². The number of hydrazine groups is 2. The monoisotopic (exact) mass is 304 g/mol. The molecule has 0 radical (unpaired) electrons. The molecule has 7 nitrogen and oxygen atoms in total. The van der Waals surface area contributed by atoms with Crippen molar-refractivity contribution in [2.75, 3.05) is 13.1 Å². The molecular weight excluding hydrogens is 280 g/mol. The minimum absolute atomic E-state index is 0.158. The third kappa shape index (κ3) is 2.64. The van der Waals surface area contributed by atoms with Crippen molar-refractivity contribution in [2.24, 2.45) is 5.92 Å². The summed E-state index contributed by atoms with van der Waals surface area (Å²) in [6, 6.07) is 0.828. The standard InChI is InChI=1S/C15H24N6O/c22-15(10-3-4-12-13(8-10)19-20-18-12)21-7-1-2-11(9-21)14-16-5-6-17-14/h5-6,10-13,18-20H,1-4,7-9H2,(H,16,17). The number of hydrogen-bond acceptors (Lipinski definition) is 5. The molecule has 0 bridgehead atoms. The van der Waals surface area contributed by atoms with Crippen LogP contribution in [0, 0.1) is 5.92 Å². The second kappa shape index (κ2) is 5.98. The number of rotatable bonds is 2. The highest BCUT2D eigenvalue weighted by molar-refractivity contribution is 5.79. The van der Waals surface area contributed by atoms with E-state index in [9.17, 15) is 4.79 Å². The number of carbonyl (C=O) groups excluding carboxylic acids is 1. The number of likely N-dealkylation sites (tertiary alicyclic amines) is 1. The van der Waals surface area contributed by atoms with Crippen molar-refractivity contribution in [3.8, 4) is 0 Å². The van der Waals surface area contributed by atoms with E-state index in [2.05, 4.69) is 31.3 Å². The van der Waals surface area contributed by atoms with Crippen LogP contribution in [-0.4, -0.2) is 45.9 Å². The maximum absolute atomic E-state index is 12.9. The van der Waals surface area contributed by atoms with Crippen LogP contribution in [0.2, 0.25) is 0 Å². The lowest BCUT2D eigenvalue weighted by atomic mass is 9.82. The summed E-state index contributed by atoms with van der Waals surface area (Å²) in [6.07, 6.45) is 8.80. The van der Waals surface area contributed by atoms with Gasteiger partial charge in [-0.15, -0.1) is 0 Å². The zero-order valence-corrected chi connectivity index (χ0v) is 12.7. The Kier molecular flexibility index (Phi) is 3.85. The van der Waals surface area contributed by atoms with Crippen LogP contribution in [0.1, 0.15) is 43.8 Å². The van der Waals surface area contributed by atoms with Crippen molar-refractivity contribution >= 4 is 5.91 Å². The summed E-state index contributed by atoms with van der Waals surface area (Å²) in [7, 11) is 0. The first kappa shape index (κ1) is 14.2. The molecule has 4 unspecified atom stereocenters. The fourth-order valence-corrected chi connectivity index (χ4v) is 4.11. The Bertz CT molecular complexity index is 518. The SMILES string of the molecule is O=C(C1CCC2NNNC2C1)N1CCCC(c2ncc[nH]2)C1. The summed E-state index contributed by atoms with van der Waals surface area (Å²) >= 11 is 0. The predicted molar refractivity (Wildman–Crippen MR) is 81.5 cm³/mol.